The van der Waals surface area contributed by atoms with E-state index in [2.05, 4.69) is 5.43 Å². The lowest BCUT2D eigenvalue weighted by atomic mass is 10.2. The quantitative estimate of drug-likeness (QED) is 0.800. The molecule has 0 radical (unpaired) electrons. The third kappa shape index (κ3) is 2.18. The van der Waals surface area contributed by atoms with E-state index in [-0.39, 0.29) is 0 Å². The molecule has 0 atom stereocenters. The summed E-state index contributed by atoms with van der Waals surface area (Å²) in [4.78, 5) is 0. The monoisotopic (exact) mass is 220 g/mol. The number of ether oxygens (including phenoxy) is 1. The molecule has 0 saturated heterocycles. The van der Waals surface area contributed by atoms with Crippen molar-refractivity contribution in [1.29, 1.82) is 0 Å². The number of nitrogens with one attached hydrogen (secondary N) is 1. The molecule has 0 saturated carbocycles. The van der Waals surface area contributed by atoms with Crippen LogP contribution < -0.4 is 10.2 Å². The van der Waals surface area contributed by atoms with Gasteiger partial charge in [0, 0.05) is 19.5 Å². The Bertz CT molecular complexity index is 477. The van der Waals surface area contributed by atoms with E-state index in [4.69, 9.17) is 9.15 Å². The minimum atomic E-state index is 0.671. The Morgan fingerprint density at radius 3 is 2.88 bits per heavy atom. The number of para-hydroxylation sites is 1. The molecule has 2 aromatic rings. The van der Waals surface area contributed by atoms with Crippen molar-refractivity contribution in [2.45, 2.75) is 6.54 Å². The molecule has 4 nitrogen and oxygen atoms in total. The number of furan rings is 1. The lowest BCUT2D eigenvalue weighted by molar-refractivity contribution is 0.273. The van der Waals surface area contributed by atoms with E-state index in [0.29, 0.717) is 6.54 Å². The van der Waals surface area contributed by atoms with Gasteiger partial charge in [-0.1, -0.05) is 12.1 Å². The molecule has 1 heterocycles. The van der Waals surface area contributed by atoms with Crippen molar-refractivity contribution >= 4 is 11.0 Å². The van der Waals surface area contributed by atoms with Gasteiger partial charge >= 0.3 is 0 Å². The third-order valence-corrected chi connectivity index (χ3v) is 2.35. The van der Waals surface area contributed by atoms with Crippen LogP contribution in [-0.2, 0) is 6.54 Å². The van der Waals surface area contributed by atoms with Gasteiger partial charge in [0.25, 0.3) is 0 Å². The maximum absolute atomic E-state index is 5.73. The van der Waals surface area contributed by atoms with Crippen molar-refractivity contribution < 1.29 is 9.15 Å². The molecule has 16 heavy (non-hydrogen) atoms. The molecule has 0 unspecified atom stereocenters. The van der Waals surface area contributed by atoms with Crippen LogP contribution in [0, 0.1) is 0 Å². The standard InChI is InChI=1S/C12H16N2O2/c1-14(2)13-8-10-7-9-5-4-6-11(15-3)12(9)16-10/h4-7,13H,8H2,1-3H3. The summed E-state index contributed by atoms with van der Waals surface area (Å²) in [5, 5.41) is 2.96. The Morgan fingerprint density at radius 1 is 1.38 bits per heavy atom. The van der Waals surface area contributed by atoms with Gasteiger partial charge in [-0.05, 0) is 12.1 Å². The van der Waals surface area contributed by atoms with Crippen LogP contribution in [-0.4, -0.2) is 26.2 Å². The average Bonchev–Trinajstić information content (AvgIpc) is 2.68. The van der Waals surface area contributed by atoms with E-state index in [1.54, 1.807) is 7.11 Å². The minimum Gasteiger partial charge on any atom is -0.493 e. The fourth-order valence-corrected chi connectivity index (χ4v) is 1.57. The summed E-state index contributed by atoms with van der Waals surface area (Å²) in [5.41, 5.74) is 3.97. The molecule has 86 valence electrons. The van der Waals surface area contributed by atoms with Gasteiger partial charge in [0.05, 0.1) is 13.7 Å². The first-order chi connectivity index (χ1) is 7.70. The van der Waals surface area contributed by atoms with Crippen LogP contribution in [0.3, 0.4) is 0 Å². The molecule has 0 bridgehead atoms. The highest BCUT2D eigenvalue weighted by Gasteiger charge is 2.08. The summed E-state index contributed by atoms with van der Waals surface area (Å²) in [6, 6.07) is 7.89. The van der Waals surface area contributed by atoms with Crippen LogP contribution in [0.15, 0.2) is 28.7 Å². The predicted octanol–water partition coefficient (Wildman–Crippen LogP) is 2.01. The topological polar surface area (TPSA) is 37.6 Å². The van der Waals surface area contributed by atoms with Gasteiger partial charge in [0.1, 0.15) is 5.76 Å². The number of fused-ring (bicyclic) bond motifs is 1. The molecule has 0 fully saturated rings. The highest BCUT2D eigenvalue weighted by molar-refractivity contribution is 5.83. The first-order valence-corrected chi connectivity index (χ1v) is 5.17. The van der Waals surface area contributed by atoms with Gasteiger partial charge < -0.3 is 9.15 Å². The Labute approximate surface area is 94.8 Å². The van der Waals surface area contributed by atoms with Gasteiger partial charge in [-0.3, -0.25) is 5.01 Å². The number of hydrogen-bond acceptors (Lipinski definition) is 4. The second-order valence-electron chi connectivity index (χ2n) is 3.82. The molecule has 1 aromatic heterocycles. The maximum atomic E-state index is 5.73. The van der Waals surface area contributed by atoms with Crippen LogP contribution in [0.1, 0.15) is 5.76 Å². The van der Waals surface area contributed by atoms with Crippen molar-refractivity contribution in [3.63, 3.8) is 0 Å². The molecule has 0 spiro atoms. The number of methoxy groups -OCH3 is 1. The van der Waals surface area contributed by atoms with Crippen LogP contribution in [0.4, 0.5) is 0 Å². The van der Waals surface area contributed by atoms with E-state index in [9.17, 15) is 0 Å². The van der Waals surface area contributed by atoms with Crippen molar-refractivity contribution in [2.24, 2.45) is 0 Å². The second-order valence-corrected chi connectivity index (χ2v) is 3.82. The highest BCUT2D eigenvalue weighted by Crippen LogP contribution is 2.28. The van der Waals surface area contributed by atoms with Crippen LogP contribution in [0.5, 0.6) is 5.75 Å². The van der Waals surface area contributed by atoms with Gasteiger partial charge in [0.2, 0.25) is 0 Å². The van der Waals surface area contributed by atoms with E-state index >= 15 is 0 Å². The lowest BCUT2D eigenvalue weighted by Crippen LogP contribution is -2.29. The zero-order valence-corrected chi connectivity index (χ0v) is 9.78. The second kappa shape index (κ2) is 4.55. The summed E-state index contributed by atoms with van der Waals surface area (Å²) < 4.78 is 11.0. The zero-order valence-electron chi connectivity index (χ0n) is 9.78. The van der Waals surface area contributed by atoms with Crippen molar-refractivity contribution in [3.8, 4) is 5.75 Å². The molecule has 0 aliphatic heterocycles. The number of hydrazine groups is 1. The van der Waals surface area contributed by atoms with Gasteiger partial charge in [-0.15, -0.1) is 0 Å². The third-order valence-electron chi connectivity index (χ3n) is 2.35. The molecule has 1 aromatic carbocycles. The van der Waals surface area contributed by atoms with Crippen molar-refractivity contribution in [1.82, 2.24) is 10.4 Å². The molecular formula is C12H16N2O2. The lowest BCUT2D eigenvalue weighted by Gasteiger charge is -2.09. The van der Waals surface area contributed by atoms with Gasteiger partial charge in [-0.2, -0.15) is 0 Å². The molecule has 0 aliphatic rings. The first kappa shape index (κ1) is 11.0. The zero-order chi connectivity index (χ0) is 11.5. The smallest absolute Gasteiger partial charge is 0.176 e. The number of hydrogen-bond donors (Lipinski definition) is 1. The van der Waals surface area contributed by atoms with Gasteiger partial charge in [-0.25, -0.2) is 5.43 Å². The number of benzene rings is 1. The molecule has 0 aliphatic carbocycles. The molecular weight excluding hydrogens is 204 g/mol. The SMILES string of the molecule is COc1cccc2cc(CNN(C)C)oc12. The van der Waals surface area contributed by atoms with Crippen LogP contribution in [0.2, 0.25) is 0 Å². The normalized spacial score (nSPS) is 11.2. The Kier molecular flexibility index (Phi) is 3.12. The van der Waals surface area contributed by atoms with Crippen molar-refractivity contribution in [3.05, 3.63) is 30.0 Å². The molecule has 4 heteroatoms. The Balaban J connectivity index is 2.29. The molecule has 1 N–H and O–H groups in total. The summed E-state index contributed by atoms with van der Waals surface area (Å²) in [6.07, 6.45) is 0. The van der Waals surface area contributed by atoms with Crippen LogP contribution in [0.25, 0.3) is 11.0 Å². The average molecular weight is 220 g/mol. The highest BCUT2D eigenvalue weighted by atomic mass is 16.5. The van der Waals surface area contributed by atoms with E-state index in [1.807, 2.05) is 43.4 Å². The van der Waals surface area contributed by atoms with E-state index < -0.39 is 0 Å². The fraction of sp³-hybridized carbons (Fsp3) is 0.333. The molecule has 0 amide bonds. The predicted molar refractivity (Wildman–Crippen MR) is 63.3 cm³/mol. The first-order valence-electron chi connectivity index (χ1n) is 5.17. The van der Waals surface area contributed by atoms with Gasteiger partial charge in [0.15, 0.2) is 11.3 Å². The summed E-state index contributed by atoms with van der Waals surface area (Å²) in [7, 11) is 5.54. The number of nitrogens with zero attached hydrogens (tertiary/aromatic N) is 1. The fourth-order valence-electron chi connectivity index (χ4n) is 1.57. The Hall–Kier alpha value is -1.52. The number of rotatable bonds is 4. The Morgan fingerprint density at radius 2 is 2.19 bits per heavy atom. The van der Waals surface area contributed by atoms with Crippen LogP contribution >= 0.6 is 0 Å². The van der Waals surface area contributed by atoms with E-state index in [0.717, 1.165) is 22.5 Å². The van der Waals surface area contributed by atoms with Crippen molar-refractivity contribution in [2.75, 3.05) is 21.2 Å². The largest absolute Gasteiger partial charge is 0.493 e. The summed E-state index contributed by atoms with van der Waals surface area (Å²) in [5.74, 6) is 1.67. The molecule has 2 rings (SSSR count). The minimum absolute atomic E-state index is 0.671. The maximum Gasteiger partial charge on any atom is 0.176 e. The summed E-state index contributed by atoms with van der Waals surface area (Å²) >= 11 is 0. The summed E-state index contributed by atoms with van der Waals surface area (Å²) in [6.45, 7) is 0.671. The van der Waals surface area contributed by atoms with E-state index in [1.165, 1.54) is 0 Å².